The van der Waals surface area contributed by atoms with Crippen LogP contribution in [-0.2, 0) is 9.47 Å². The van der Waals surface area contributed by atoms with Gasteiger partial charge >= 0.3 is 0 Å². The average Bonchev–Trinajstić information content (AvgIpc) is 2.73. The van der Waals surface area contributed by atoms with Crippen molar-refractivity contribution in [1.29, 1.82) is 0 Å². The third kappa shape index (κ3) is 15.1. The van der Waals surface area contributed by atoms with Gasteiger partial charge in [0, 0.05) is 6.54 Å². The molecule has 6 N–H and O–H groups in total. The molecule has 9 nitrogen and oxygen atoms in total. The Morgan fingerprint density at radius 3 is 2.00 bits per heavy atom. The summed E-state index contributed by atoms with van der Waals surface area (Å²) in [5.74, 6) is 0.593. The van der Waals surface area contributed by atoms with Gasteiger partial charge in [0.05, 0.1) is 13.2 Å². The van der Waals surface area contributed by atoms with E-state index < -0.39 is 31.4 Å². The average molecular weight is 421 g/mol. The predicted molar refractivity (Wildman–Crippen MR) is 113 cm³/mol. The molecule has 0 aliphatic rings. The van der Waals surface area contributed by atoms with Gasteiger partial charge in [-0.2, -0.15) is 0 Å². The second-order valence-corrected chi connectivity index (χ2v) is 5.64. The molecular formula is C20H40N2O7. The van der Waals surface area contributed by atoms with Gasteiger partial charge in [-0.3, -0.25) is 0 Å². The van der Waals surface area contributed by atoms with Crippen LogP contribution in [0, 0.1) is 0 Å². The summed E-state index contributed by atoms with van der Waals surface area (Å²) < 4.78 is 16.2. The molecule has 1 rings (SSSR count). The maximum Gasteiger partial charge on any atom is 0.209 e. The van der Waals surface area contributed by atoms with E-state index in [1.807, 2.05) is 20.9 Å². The van der Waals surface area contributed by atoms with Crippen LogP contribution in [0.4, 0.5) is 0 Å². The molecule has 3 atom stereocenters. The molecule has 0 amide bonds. The zero-order valence-electron chi connectivity index (χ0n) is 18.5. The Labute approximate surface area is 174 Å². The summed E-state index contributed by atoms with van der Waals surface area (Å²) in [5, 5.41) is 43.0. The molecule has 0 bridgehead atoms. The molecule has 29 heavy (non-hydrogen) atoms. The lowest BCUT2D eigenvalue weighted by atomic mass is 10.2. The van der Waals surface area contributed by atoms with Crippen LogP contribution < -0.4 is 15.4 Å². The van der Waals surface area contributed by atoms with Gasteiger partial charge in [0.25, 0.3) is 0 Å². The first kappa shape index (κ1) is 29.7. The second-order valence-electron chi connectivity index (χ2n) is 5.64. The highest BCUT2D eigenvalue weighted by molar-refractivity contribution is 5.30. The zero-order valence-corrected chi connectivity index (χ0v) is 18.5. The van der Waals surface area contributed by atoms with E-state index in [1.54, 1.807) is 26.1 Å². The minimum absolute atomic E-state index is 0.112. The topological polar surface area (TPSA) is 133 Å². The zero-order chi connectivity index (χ0) is 22.7. The Balaban J connectivity index is 0. The Kier molecular flexibility index (Phi) is 20.3. The number of aliphatic hydroxyl groups is 3. The van der Waals surface area contributed by atoms with Crippen molar-refractivity contribution in [3.63, 3.8) is 0 Å². The molecule has 9 heteroatoms. The SMILES string of the molecule is CC.CCNC.CNCCOC(OC(CO)C(C)Oc1ccc(O)cc1)C(O)O. The van der Waals surface area contributed by atoms with E-state index in [0.29, 0.717) is 12.3 Å². The summed E-state index contributed by atoms with van der Waals surface area (Å²) >= 11 is 0. The minimum Gasteiger partial charge on any atom is -0.508 e. The normalized spacial score (nSPS) is 13.4. The number of ether oxygens (including phenoxy) is 3. The van der Waals surface area contributed by atoms with Gasteiger partial charge in [-0.1, -0.05) is 20.8 Å². The van der Waals surface area contributed by atoms with Crippen LogP contribution in [0.5, 0.6) is 11.5 Å². The van der Waals surface area contributed by atoms with E-state index in [4.69, 9.17) is 14.2 Å². The maximum absolute atomic E-state index is 9.44. The van der Waals surface area contributed by atoms with Crippen molar-refractivity contribution in [3.05, 3.63) is 24.3 Å². The predicted octanol–water partition coefficient (Wildman–Crippen LogP) is 0.662. The van der Waals surface area contributed by atoms with Crippen molar-refractivity contribution in [1.82, 2.24) is 10.6 Å². The number of rotatable bonds is 12. The molecule has 0 fully saturated rings. The van der Waals surface area contributed by atoms with Gasteiger partial charge in [0.1, 0.15) is 23.7 Å². The van der Waals surface area contributed by atoms with Crippen molar-refractivity contribution >= 4 is 0 Å². The Morgan fingerprint density at radius 2 is 1.59 bits per heavy atom. The van der Waals surface area contributed by atoms with Gasteiger partial charge in [-0.25, -0.2) is 0 Å². The fraction of sp³-hybridized carbons (Fsp3) is 0.700. The van der Waals surface area contributed by atoms with E-state index in [2.05, 4.69) is 17.6 Å². The highest BCUT2D eigenvalue weighted by atomic mass is 16.7. The summed E-state index contributed by atoms with van der Waals surface area (Å²) in [6, 6.07) is 6.08. The van der Waals surface area contributed by atoms with Crippen LogP contribution in [0.1, 0.15) is 27.7 Å². The number of hydrogen-bond donors (Lipinski definition) is 6. The van der Waals surface area contributed by atoms with Crippen molar-refractivity contribution in [2.75, 3.05) is 40.4 Å². The number of aromatic hydroxyl groups is 1. The van der Waals surface area contributed by atoms with Gasteiger partial charge in [0.15, 0.2) is 0 Å². The van der Waals surface area contributed by atoms with Crippen LogP contribution in [0.3, 0.4) is 0 Å². The third-order valence-electron chi connectivity index (χ3n) is 3.40. The lowest BCUT2D eigenvalue weighted by molar-refractivity contribution is -0.278. The number of phenols is 1. The first-order valence-electron chi connectivity index (χ1n) is 9.88. The Hall–Kier alpha value is -1.46. The number of aliphatic hydroxyl groups excluding tert-OH is 2. The molecule has 0 aliphatic carbocycles. The van der Waals surface area contributed by atoms with Crippen LogP contribution in [0.25, 0.3) is 0 Å². The van der Waals surface area contributed by atoms with E-state index in [0.717, 1.165) is 6.54 Å². The van der Waals surface area contributed by atoms with Crippen molar-refractivity contribution in [3.8, 4) is 11.5 Å². The molecule has 1 aromatic rings. The van der Waals surface area contributed by atoms with Crippen LogP contribution in [0.15, 0.2) is 24.3 Å². The fourth-order valence-corrected chi connectivity index (χ4v) is 1.76. The van der Waals surface area contributed by atoms with Crippen LogP contribution >= 0.6 is 0 Å². The van der Waals surface area contributed by atoms with E-state index in [-0.39, 0.29) is 12.4 Å². The van der Waals surface area contributed by atoms with Crippen LogP contribution in [-0.4, -0.2) is 85.6 Å². The number of nitrogens with one attached hydrogen (secondary N) is 2. The van der Waals surface area contributed by atoms with Crippen molar-refractivity contribution in [2.45, 2.75) is 52.5 Å². The van der Waals surface area contributed by atoms with E-state index in [1.165, 1.54) is 12.1 Å². The molecule has 0 saturated heterocycles. The third-order valence-corrected chi connectivity index (χ3v) is 3.40. The van der Waals surface area contributed by atoms with Gasteiger partial charge < -0.3 is 45.3 Å². The summed E-state index contributed by atoms with van der Waals surface area (Å²) in [5.41, 5.74) is 0. The summed E-state index contributed by atoms with van der Waals surface area (Å²) in [6.07, 6.45) is -4.56. The monoisotopic (exact) mass is 420 g/mol. The standard InChI is InChI=1S/C15H25NO7.C3H9N.C2H6/c1-10(22-12-5-3-11(18)4-6-12)13(9-17)23-15(14(19)20)21-8-7-16-2;1-3-4-2;1-2/h3-6,10,13-20H,7-9H2,1-2H3;4H,3H2,1-2H3;1-2H3. The van der Waals surface area contributed by atoms with Crippen molar-refractivity contribution < 1.29 is 34.6 Å². The Morgan fingerprint density at radius 1 is 1.03 bits per heavy atom. The number of likely N-dealkylation sites (N-methyl/N-ethyl adjacent to an activating group) is 1. The highest BCUT2D eigenvalue weighted by Gasteiger charge is 2.27. The molecule has 0 heterocycles. The molecule has 0 radical (unpaired) electrons. The lowest BCUT2D eigenvalue weighted by Crippen LogP contribution is -2.43. The lowest BCUT2D eigenvalue weighted by Gasteiger charge is -2.29. The number of benzene rings is 1. The largest absolute Gasteiger partial charge is 0.508 e. The number of phenolic OH excluding ortho intramolecular Hbond substituents is 1. The smallest absolute Gasteiger partial charge is 0.209 e. The molecule has 0 aliphatic heterocycles. The summed E-state index contributed by atoms with van der Waals surface area (Å²) in [7, 11) is 3.67. The Bertz CT molecular complexity index is 459. The molecular weight excluding hydrogens is 380 g/mol. The van der Waals surface area contributed by atoms with Crippen molar-refractivity contribution in [2.24, 2.45) is 0 Å². The molecule has 0 saturated carbocycles. The van der Waals surface area contributed by atoms with Crippen LogP contribution in [0.2, 0.25) is 0 Å². The molecule has 1 aromatic carbocycles. The molecule has 3 unspecified atom stereocenters. The molecule has 0 aromatic heterocycles. The summed E-state index contributed by atoms with van der Waals surface area (Å²) in [4.78, 5) is 0. The van der Waals surface area contributed by atoms with Gasteiger partial charge in [-0.05, 0) is 51.8 Å². The maximum atomic E-state index is 9.44. The van der Waals surface area contributed by atoms with Gasteiger partial charge in [0.2, 0.25) is 12.6 Å². The number of hydrogen-bond acceptors (Lipinski definition) is 9. The second kappa shape index (κ2) is 19.8. The van der Waals surface area contributed by atoms with E-state index >= 15 is 0 Å². The first-order valence-corrected chi connectivity index (χ1v) is 9.88. The first-order chi connectivity index (χ1) is 13.9. The molecule has 0 spiro atoms. The fourth-order valence-electron chi connectivity index (χ4n) is 1.76. The molecule has 172 valence electrons. The quantitative estimate of drug-likeness (QED) is 0.213. The minimum atomic E-state index is -1.85. The van der Waals surface area contributed by atoms with Gasteiger partial charge in [-0.15, -0.1) is 0 Å². The highest BCUT2D eigenvalue weighted by Crippen LogP contribution is 2.19. The summed E-state index contributed by atoms with van der Waals surface area (Å²) in [6.45, 7) is 9.14. The van der Waals surface area contributed by atoms with E-state index in [9.17, 15) is 20.4 Å².